The van der Waals surface area contributed by atoms with Crippen LogP contribution in [0.1, 0.15) is 98.8 Å². The molecule has 0 heterocycles. The second kappa shape index (κ2) is 11.5. The van der Waals surface area contributed by atoms with Crippen LogP contribution in [0.15, 0.2) is 30.3 Å². The molecule has 1 amide bonds. The molecule has 0 aromatic heterocycles. The smallest absolute Gasteiger partial charge is 0.302 e. The zero-order chi connectivity index (χ0) is 28.7. The Bertz CT molecular complexity index is 1090. The summed E-state index contributed by atoms with van der Waals surface area (Å²) in [6.07, 6.45) is 9.91. The van der Waals surface area contributed by atoms with E-state index in [-0.39, 0.29) is 40.9 Å². The van der Waals surface area contributed by atoms with Crippen molar-refractivity contribution in [2.45, 2.75) is 111 Å². The third-order valence-corrected chi connectivity index (χ3v) is 12.0. The van der Waals surface area contributed by atoms with E-state index in [0.29, 0.717) is 41.9 Å². The summed E-state index contributed by atoms with van der Waals surface area (Å²) in [6.45, 7) is 10.3. The minimum Gasteiger partial charge on any atom is -0.463 e. The number of fused-ring (bicyclic) bond motifs is 5. The van der Waals surface area contributed by atoms with Crippen LogP contribution < -0.4 is 5.32 Å². The SMILES string of the molecule is CC(=O)O[C@@H]1CC[C@@]2(C)[C@H](CC[C@@H]3[C@@H]2C[C@H](OC(C)=O)[C@]2(C)[C@@H]([C@H](C)CCC(=O)Nc4ccccc4)CC[C@@H]32)C1. The molecule has 6 nitrogen and oxygen atoms in total. The average Bonchev–Trinajstić information content (AvgIpc) is 3.26. The monoisotopic (exact) mass is 551 g/mol. The Hall–Kier alpha value is -2.37. The number of hydrogen-bond donors (Lipinski definition) is 1. The van der Waals surface area contributed by atoms with E-state index in [2.05, 4.69) is 26.1 Å². The third kappa shape index (κ3) is 5.44. The number of ether oxygens (including phenoxy) is 2. The second-order valence-corrected chi connectivity index (χ2v) is 14.0. The molecule has 0 radical (unpaired) electrons. The van der Waals surface area contributed by atoms with Crippen molar-refractivity contribution in [3.05, 3.63) is 30.3 Å². The van der Waals surface area contributed by atoms with Crippen LogP contribution in [0.25, 0.3) is 0 Å². The fraction of sp³-hybridized carbons (Fsp3) is 0.735. The summed E-state index contributed by atoms with van der Waals surface area (Å²) in [5.41, 5.74) is 0.964. The van der Waals surface area contributed by atoms with Crippen LogP contribution in [-0.2, 0) is 23.9 Å². The molecular weight excluding hydrogens is 502 g/mol. The van der Waals surface area contributed by atoms with Crippen LogP contribution in [0.5, 0.6) is 0 Å². The van der Waals surface area contributed by atoms with Gasteiger partial charge in [-0.1, -0.05) is 39.0 Å². The maximum atomic E-state index is 12.7. The summed E-state index contributed by atoms with van der Waals surface area (Å²) in [6, 6.07) is 9.66. The number of carbonyl (C=O) groups is 3. The van der Waals surface area contributed by atoms with Crippen molar-refractivity contribution < 1.29 is 23.9 Å². The number of nitrogens with one attached hydrogen (secondary N) is 1. The van der Waals surface area contributed by atoms with Gasteiger partial charge in [0, 0.05) is 31.4 Å². The molecule has 6 heteroatoms. The molecule has 0 unspecified atom stereocenters. The Kier molecular flexibility index (Phi) is 8.37. The lowest BCUT2D eigenvalue weighted by Crippen LogP contribution is -2.59. The van der Waals surface area contributed by atoms with Crippen LogP contribution in [0, 0.1) is 46.3 Å². The van der Waals surface area contributed by atoms with E-state index in [9.17, 15) is 14.4 Å². The molecule has 4 aliphatic rings. The Balaban J connectivity index is 1.31. The van der Waals surface area contributed by atoms with E-state index in [1.54, 1.807) is 6.92 Å². The maximum Gasteiger partial charge on any atom is 0.302 e. The van der Waals surface area contributed by atoms with E-state index in [4.69, 9.17) is 9.47 Å². The minimum atomic E-state index is -0.181. The average molecular weight is 552 g/mol. The summed E-state index contributed by atoms with van der Waals surface area (Å²) in [5.74, 6) is 2.76. The maximum absolute atomic E-state index is 12.7. The fourth-order valence-corrected chi connectivity index (χ4v) is 10.1. The number of rotatable bonds is 7. The van der Waals surface area contributed by atoms with E-state index >= 15 is 0 Å². The van der Waals surface area contributed by atoms with Gasteiger partial charge in [-0.15, -0.1) is 0 Å². The Morgan fingerprint density at radius 3 is 2.35 bits per heavy atom. The number of carbonyl (C=O) groups excluding carboxylic acids is 3. The van der Waals surface area contributed by atoms with Crippen molar-refractivity contribution in [1.82, 2.24) is 0 Å². The van der Waals surface area contributed by atoms with Gasteiger partial charge in [-0.2, -0.15) is 0 Å². The van der Waals surface area contributed by atoms with Gasteiger partial charge in [0.2, 0.25) is 5.91 Å². The first-order valence-electron chi connectivity index (χ1n) is 15.7. The predicted octanol–water partition coefficient (Wildman–Crippen LogP) is 7.17. The van der Waals surface area contributed by atoms with Crippen LogP contribution in [-0.4, -0.2) is 30.1 Å². The molecule has 0 saturated heterocycles. The van der Waals surface area contributed by atoms with Crippen molar-refractivity contribution in [1.29, 1.82) is 0 Å². The van der Waals surface area contributed by atoms with E-state index < -0.39 is 0 Å². The lowest BCUT2D eigenvalue weighted by molar-refractivity contribution is -0.197. The molecule has 5 rings (SSSR count). The minimum absolute atomic E-state index is 0.0426. The van der Waals surface area contributed by atoms with Gasteiger partial charge in [0.05, 0.1) is 0 Å². The number of amides is 1. The van der Waals surface area contributed by atoms with Gasteiger partial charge >= 0.3 is 11.9 Å². The highest BCUT2D eigenvalue weighted by Crippen LogP contribution is 2.69. The van der Waals surface area contributed by atoms with Gasteiger partial charge < -0.3 is 14.8 Å². The van der Waals surface area contributed by atoms with Crippen molar-refractivity contribution in [2.24, 2.45) is 46.3 Å². The molecular formula is C34H49NO5. The normalized spacial score (nSPS) is 39.2. The topological polar surface area (TPSA) is 81.7 Å². The fourth-order valence-electron chi connectivity index (χ4n) is 10.1. The van der Waals surface area contributed by atoms with Gasteiger partial charge in [0.15, 0.2) is 0 Å². The van der Waals surface area contributed by atoms with Crippen LogP contribution in [0.3, 0.4) is 0 Å². The van der Waals surface area contributed by atoms with Gasteiger partial charge in [0.25, 0.3) is 0 Å². The number of benzene rings is 1. The second-order valence-electron chi connectivity index (χ2n) is 14.0. The van der Waals surface area contributed by atoms with E-state index in [1.807, 2.05) is 30.3 Å². The molecule has 1 aromatic carbocycles. The highest BCUT2D eigenvalue weighted by molar-refractivity contribution is 5.90. The first-order valence-corrected chi connectivity index (χ1v) is 15.7. The van der Waals surface area contributed by atoms with Gasteiger partial charge in [0.1, 0.15) is 12.2 Å². The number of anilines is 1. The summed E-state index contributed by atoms with van der Waals surface area (Å²) >= 11 is 0. The zero-order valence-electron chi connectivity index (χ0n) is 25.1. The molecule has 0 bridgehead atoms. The molecule has 10 atom stereocenters. The number of hydrogen-bond acceptors (Lipinski definition) is 5. The Morgan fingerprint density at radius 1 is 0.925 bits per heavy atom. The number of para-hydroxylation sites is 1. The van der Waals surface area contributed by atoms with Crippen LogP contribution in [0.4, 0.5) is 5.69 Å². The van der Waals surface area contributed by atoms with Crippen molar-refractivity contribution in [2.75, 3.05) is 5.32 Å². The summed E-state index contributed by atoms with van der Waals surface area (Å²) in [5, 5.41) is 3.03. The molecule has 1 N–H and O–H groups in total. The largest absolute Gasteiger partial charge is 0.463 e. The van der Waals surface area contributed by atoms with Crippen LogP contribution in [0.2, 0.25) is 0 Å². The standard InChI is InChI=1S/C34H49NO5/c1-21(11-16-32(38)35-25-9-7-6-8-10-25)28-14-15-29-27-13-12-24-19-26(39-22(2)36)17-18-33(24,4)30(27)20-31(34(28,29)5)40-23(3)37/h6-10,21,24,26-31H,11-20H2,1-5H3,(H,35,38)/t21-,24-,26-,27+,28-,29+,30+,31+,33+,34-/m1/s1. The van der Waals surface area contributed by atoms with E-state index in [0.717, 1.165) is 44.2 Å². The predicted molar refractivity (Wildman–Crippen MR) is 155 cm³/mol. The molecule has 4 fully saturated rings. The molecule has 40 heavy (non-hydrogen) atoms. The highest BCUT2D eigenvalue weighted by atomic mass is 16.5. The quantitative estimate of drug-likeness (QED) is 0.363. The third-order valence-electron chi connectivity index (χ3n) is 12.0. The van der Waals surface area contributed by atoms with Gasteiger partial charge in [-0.25, -0.2) is 0 Å². The molecule has 1 aromatic rings. The van der Waals surface area contributed by atoms with Crippen molar-refractivity contribution in [3.8, 4) is 0 Å². The summed E-state index contributed by atoms with van der Waals surface area (Å²) in [4.78, 5) is 36.8. The van der Waals surface area contributed by atoms with E-state index in [1.165, 1.54) is 26.2 Å². The highest BCUT2D eigenvalue weighted by Gasteiger charge is 2.65. The molecule has 0 aliphatic heterocycles. The first kappa shape index (κ1) is 29.1. The molecule has 4 saturated carbocycles. The molecule has 220 valence electrons. The van der Waals surface area contributed by atoms with Crippen LogP contribution >= 0.6 is 0 Å². The first-order chi connectivity index (χ1) is 19.0. The molecule has 4 aliphatic carbocycles. The lowest BCUT2D eigenvalue weighted by Gasteiger charge is -2.62. The Labute approximate surface area is 240 Å². The summed E-state index contributed by atoms with van der Waals surface area (Å²) in [7, 11) is 0. The van der Waals surface area contributed by atoms with Gasteiger partial charge in [-0.05, 0) is 111 Å². The molecule has 0 spiro atoms. The Morgan fingerprint density at radius 2 is 1.65 bits per heavy atom. The lowest BCUT2D eigenvalue weighted by atomic mass is 9.43. The summed E-state index contributed by atoms with van der Waals surface area (Å²) < 4.78 is 11.9. The van der Waals surface area contributed by atoms with Gasteiger partial charge in [-0.3, -0.25) is 14.4 Å². The van der Waals surface area contributed by atoms with Crippen molar-refractivity contribution >= 4 is 23.5 Å². The van der Waals surface area contributed by atoms with Crippen molar-refractivity contribution in [3.63, 3.8) is 0 Å². The number of esters is 2. The zero-order valence-corrected chi connectivity index (χ0v) is 25.1.